The molecule has 0 aromatic heterocycles. The van der Waals surface area contributed by atoms with Crippen LogP contribution in [-0.4, -0.2) is 41.2 Å². The van der Waals surface area contributed by atoms with E-state index >= 15 is 0 Å². The smallest absolute Gasteiger partial charge is 0.247 e. The van der Waals surface area contributed by atoms with E-state index in [-0.39, 0.29) is 23.8 Å². The van der Waals surface area contributed by atoms with Crippen molar-refractivity contribution < 1.29 is 14.4 Å². The molecule has 5 rings (SSSR count). The number of carbonyl (C=O) groups is 3. The second kappa shape index (κ2) is 8.10. The van der Waals surface area contributed by atoms with Gasteiger partial charge < -0.3 is 10.2 Å². The van der Waals surface area contributed by atoms with Gasteiger partial charge in [0.05, 0.1) is 17.9 Å². The Balaban J connectivity index is 1.55. The lowest BCUT2D eigenvalue weighted by Gasteiger charge is -2.36. The highest BCUT2D eigenvalue weighted by Gasteiger charge is 2.63. The lowest BCUT2D eigenvalue weighted by atomic mass is 9.88. The molecule has 4 atom stereocenters. The Bertz CT molecular complexity index is 1110. The van der Waals surface area contributed by atoms with E-state index in [9.17, 15) is 14.4 Å². The molecule has 3 aliphatic heterocycles. The van der Waals surface area contributed by atoms with E-state index in [4.69, 9.17) is 11.6 Å². The van der Waals surface area contributed by atoms with Crippen LogP contribution in [0.1, 0.15) is 25.3 Å². The number of hydrogen-bond donors (Lipinski definition) is 1. The molecule has 3 amide bonds. The fraction of sp³-hybridized carbons (Fsp3) is 0.320. The molecule has 164 valence electrons. The lowest BCUT2D eigenvalue weighted by molar-refractivity contribution is -0.141. The standard InChI is InChI=1S/C25H24ClN3O3/c1-2-3-14-28-24(31)20-19-13-8-15-6-4-5-7-18(15)29(19)22(21(20)25(28)32)23(30)27-17-11-9-16(26)10-12-17/h4-13,19-22H,2-3,14H2,1H3,(H,27,30)/t19-,20-,21-,22+/m1/s1. The summed E-state index contributed by atoms with van der Waals surface area (Å²) >= 11 is 5.97. The van der Waals surface area contributed by atoms with Gasteiger partial charge >= 0.3 is 0 Å². The number of nitrogens with one attached hydrogen (secondary N) is 1. The van der Waals surface area contributed by atoms with Gasteiger partial charge in [0.25, 0.3) is 0 Å². The minimum atomic E-state index is -0.783. The van der Waals surface area contributed by atoms with Crippen LogP contribution in [0.2, 0.25) is 5.02 Å². The predicted molar refractivity (Wildman–Crippen MR) is 124 cm³/mol. The summed E-state index contributed by atoms with van der Waals surface area (Å²) in [5.41, 5.74) is 2.43. The Morgan fingerprint density at radius 3 is 2.50 bits per heavy atom. The molecule has 0 radical (unpaired) electrons. The number of fused-ring (bicyclic) bond motifs is 5. The Kier molecular flexibility index (Phi) is 5.25. The fourth-order valence-electron chi connectivity index (χ4n) is 5.16. The fourth-order valence-corrected chi connectivity index (χ4v) is 5.29. The number of rotatable bonds is 5. The quantitative estimate of drug-likeness (QED) is 0.701. The highest BCUT2D eigenvalue weighted by molar-refractivity contribution is 6.30. The number of benzene rings is 2. The van der Waals surface area contributed by atoms with Crippen LogP contribution in [0, 0.1) is 11.8 Å². The van der Waals surface area contributed by atoms with Crippen molar-refractivity contribution in [2.24, 2.45) is 11.8 Å². The molecular formula is C25H24ClN3O3. The van der Waals surface area contributed by atoms with Crippen LogP contribution in [-0.2, 0) is 14.4 Å². The summed E-state index contributed by atoms with van der Waals surface area (Å²) in [7, 11) is 0. The third kappa shape index (κ3) is 3.21. The van der Waals surface area contributed by atoms with Crippen LogP contribution < -0.4 is 10.2 Å². The summed E-state index contributed by atoms with van der Waals surface area (Å²) in [5, 5.41) is 3.51. The first-order valence-electron chi connectivity index (χ1n) is 11.0. The van der Waals surface area contributed by atoms with Crippen molar-refractivity contribution in [3.63, 3.8) is 0 Å². The molecule has 6 nitrogen and oxygen atoms in total. The van der Waals surface area contributed by atoms with Crippen molar-refractivity contribution in [2.75, 3.05) is 16.8 Å². The second-order valence-corrected chi connectivity index (χ2v) is 8.93. The molecule has 2 aromatic carbocycles. The molecule has 2 aromatic rings. The molecule has 2 fully saturated rings. The van der Waals surface area contributed by atoms with Gasteiger partial charge in [-0.15, -0.1) is 0 Å². The van der Waals surface area contributed by atoms with Crippen molar-refractivity contribution in [3.05, 3.63) is 65.2 Å². The summed E-state index contributed by atoms with van der Waals surface area (Å²) in [6.45, 7) is 2.43. The highest BCUT2D eigenvalue weighted by atomic mass is 35.5. The van der Waals surface area contributed by atoms with Gasteiger partial charge in [-0.05, 0) is 42.3 Å². The summed E-state index contributed by atoms with van der Waals surface area (Å²) < 4.78 is 0. The Morgan fingerprint density at radius 2 is 1.75 bits per heavy atom. The van der Waals surface area contributed by atoms with Crippen LogP contribution in [0.25, 0.3) is 6.08 Å². The number of unbranched alkanes of at least 4 members (excludes halogenated alkanes) is 1. The molecule has 3 heterocycles. The van der Waals surface area contributed by atoms with Crippen LogP contribution >= 0.6 is 11.6 Å². The van der Waals surface area contributed by atoms with E-state index in [1.54, 1.807) is 24.3 Å². The first-order chi connectivity index (χ1) is 15.5. The number of imide groups is 1. The molecule has 7 heteroatoms. The Morgan fingerprint density at radius 1 is 1.03 bits per heavy atom. The minimum absolute atomic E-state index is 0.172. The third-order valence-electron chi connectivity index (χ3n) is 6.62. The van der Waals surface area contributed by atoms with Gasteiger partial charge in [0, 0.05) is 22.9 Å². The first-order valence-corrected chi connectivity index (χ1v) is 11.4. The Labute approximate surface area is 191 Å². The Hall–Kier alpha value is -3.12. The number of anilines is 2. The monoisotopic (exact) mass is 449 g/mol. The predicted octanol–water partition coefficient (Wildman–Crippen LogP) is 3.96. The van der Waals surface area contributed by atoms with E-state index in [1.165, 1.54) is 4.90 Å². The molecule has 0 bridgehead atoms. The van der Waals surface area contributed by atoms with Gasteiger partial charge in [0.15, 0.2) is 0 Å². The zero-order valence-electron chi connectivity index (χ0n) is 17.7. The van der Waals surface area contributed by atoms with E-state index in [0.717, 1.165) is 24.1 Å². The minimum Gasteiger partial charge on any atom is -0.351 e. The van der Waals surface area contributed by atoms with Crippen LogP contribution in [0.4, 0.5) is 11.4 Å². The summed E-state index contributed by atoms with van der Waals surface area (Å²) in [5.74, 6) is -2.00. The average Bonchev–Trinajstić information content (AvgIpc) is 3.27. The number of hydrogen-bond acceptors (Lipinski definition) is 4. The van der Waals surface area contributed by atoms with Gasteiger partial charge in [0.1, 0.15) is 6.04 Å². The number of likely N-dealkylation sites (tertiary alicyclic amines) is 1. The maximum atomic E-state index is 13.6. The van der Waals surface area contributed by atoms with Gasteiger partial charge in [-0.3, -0.25) is 19.3 Å². The maximum Gasteiger partial charge on any atom is 0.247 e. The van der Waals surface area contributed by atoms with Crippen molar-refractivity contribution in [1.29, 1.82) is 0 Å². The SMILES string of the molecule is CCCCN1C(=O)[C@@H]2[C@H](C1=O)[C@H]1C=Cc3ccccc3N1[C@@H]2C(=O)Nc1ccc(Cl)cc1. The van der Waals surface area contributed by atoms with Crippen LogP contribution in [0.3, 0.4) is 0 Å². The number of nitrogens with zero attached hydrogens (tertiary/aromatic N) is 2. The number of halogens is 1. The molecule has 2 saturated heterocycles. The van der Waals surface area contributed by atoms with Gasteiger partial charge in [-0.1, -0.05) is 55.3 Å². The lowest BCUT2D eigenvalue weighted by Crippen LogP contribution is -2.50. The maximum absolute atomic E-state index is 13.6. The van der Waals surface area contributed by atoms with Gasteiger partial charge in [0.2, 0.25) is 17.7 Å². The average molecular weight is 450 g/mol. The first kappa shape index (κ1) is 20.8. The van der Waals surface area contributed by atoms with Crippen LogP contribution in [0.5, 0.6) is 0 Å². The zero-order valence-corrected chi connectivity index (χ0v) is 18.5. The molecule has 0 spiro atoms. The highest BCUT2D eigenvalue weighted by Crippen LogP contribution is 2.48. The van der Waals surface area contributed by atoms with Gasteiger partial charge in [-0.25, -0.2) is 0 Å². The second-order valence-electron chi connectivity index (χ2n) is 8.49. The molecule has 3 aliphatic rings. The van der Waals surface area contributed by atoms with Crippen molar-refractivity contribution in [1.82, 2.24) is 4.90 Å². The third-order valence-corrected chi connectivity index (χ3v) is 6.87. The summed E-state index contributed by atoms with van der Waals surface area (Å²) in [6.07, 6.45) is 5.59. The van der Waals surface area contributed by atoms with Crippen molar-refractivity contribution in [2.45, 2.75) is 31.8 Å². The van der Waals surface area contributed by atoms with E-state index in [2.05, 4.69) is 5.32 Å². The largest absolute Gasteiger partial charge is 0.351 e. The van der Waals surface area contributed by atoms with E-state index < -0.39 is 17.9 Å². The van der Waals surface area contributed by atoms with Crippen molar-refractivity contribution in [3.8, 4) is 0 Å². The molecule has 0 saturated carbocycles. The number of carbonyl (C=O) groups excluding carboxylic acids is 3. The van der Waals surface area contributed by atoms with E-state index in [1.807, 2.05) is 48.2 Å². The topological polar surface area (TPSA) is 69.7 Å². The molecule has 0 unspecified atom stereocenters. The molecule has 32 heavy (non-hydrogen) atoms. The van der Waals surface area contributed by atoms with Gasteiger partial charge in [-0.2, -0.15) is 0 Å². The molecule has 0 aliphatic carbocycles. The molecule has 1 N–H and O–H groups in total. The summed E-state index contributed by atoms with van der Waals surface area (Å²) in [6, 6.07) is 13.5. The normalized spacial score (nSPS) is 25.6. The van der Waals surface area contributed by atoms with E-state index in [0.29, 0.717) is 17.3 Å². The summed E-state index contributed by atoms with van der Waals surface area (Å²) in [4.78, 5) is 43.7. The van der Waals surface area contributed by atoms with Crippen molar-refractivity contribution >= 4 is 46.8 Å². The molecular weight excluding hydrogens is 426 g/mol. The van der Waals surface area contributed by atoms with Crippen LogP contribution in [0.15, 0.2) is 54.6 Å². The number of para-hydroxylation sites is 1. The zero-order chi connectivity index (χ0) is 22.4. The number of amides is 3.